The second-order valence-corrected chi connectivity index (χ2v) is 9.31. The highest BCUT2D eigenvalue weighted by Crippen LogP contribution is 2.54. The SMILES string of the molecule is CCOc1cccc([C@@H]2N[C@](CC(C)C)(C(=O)O)[C@@H]3C(=O)N(c4ccccc4OC)C(=O)[C@H]32)c1O. The number of nitrogens with zero attached hydrogens (tertiary/aromatic N) is 1. The van der Waals surface area contributed by atoms with E-state index in [1.165, 1.54) is 7.11 Å². The molecule has 2 aliphatic rings. The number of aromatic hydroxyl groups is 1. The van der Waals surface area contributed by atoms with Crippen molar-refractivity contribution in [2.24, 2.45) is 17.8 Å². The number of hydrogen-bond acceptors (Lipinski definition) is 7. The molecule has 2 heterocycles. The van der Waals surface area contributed by atoms with Crippen LogP contribution in [0.5, 0.6) is 17.2 Å². The number of amides is 2. The van der Waals surface area contributed by atoms with Crippen LogP contribution >= 0.6 is 0 Å². The Morgan fingerprint density at radius 1 is 1.11 bits per heavy atom. The van der Waals surface area contributed by atoms with Crippen molar-refractivity contribution in [1.29, 1.82) is 0 Å². The summed E-state index contributed by atoms with van der Waals surface area (Å²) >= 11 is 0. The first-order valence-electron chi connectivity index (χ1n) is 11.6. The largest absolute Gasteiger partial charge is 0.504 e. The van der Waals surface area contributed by atoms with Crippen LogP contribution in [-0.4, -0.2) is 47.3 Å². The zero-order chi connectivity index (χ0) is 25.5. The standard InChI is InChI=1S/C26H30N2O7/c1-5-35-18-12-8-9-15(22(18)29)21-19-20(26(27-21,25(32)33)13-14(2)3)24(31)28(23(19)30)16-10-6-7-11-17(16)34-4/h6-12,14,19-21,27,29H,5,13H2,1-4H3,(H,32,33)/t19-,20+,21+,26+/m1/s1. The topological polar surface area (TPSA) is 125 Å². The lowest BCUT2D eigenvalue weighted by Crippen LogP contribution is -2.56. The quantitative estimate of drug-likeness (QED) is 0.490. The predicted octanol–water partition coefficient (Wildman–Crippen LogP) is 3.12. The molecule has 9 heteroatoms. The van der Waals surface area contributed by atoms with Crippen LogP contribution in [0.15, 0.2) is 42.5 Å². The molecule has 2 aliphatic heterocycles. The average molecular weight is 483 g/mol. The van der Waals surface area contributed by atoms with Crippen LogP contribution in [0.25, 0.3) is 0 Å². The summed E-state index contributed by atoms with van der Waals surface area (Å²) in [6.45, 7) is 5.81. The summed E-state index contributed by atoms with van der Waals surface area (Å²) in [4.78, 5) is 41.6. The smallest absolute Gasteiger partial charge is 0.324 e. The number of nitrogens with one attached hydrogen (secondary N) is 1. The Morgan fingerprint density at radius 3 is 2.43 bits per heavy atom. The number of fused-ring (bicyclic) bond motifs is 1. The van der Waals surface area contributed by atoms with Gasteiger partial charge >= 0.3 is 5.97 Å². The third-order valence-corrected chi connectivity index (χ3v) is 6.76. The summed E-state index contributed by atoms with van der Waals surface area (Å²) in [7, 11) is 1.44. The van der Waals surface area contributed by atoms with Gasteiger partial charge in [0.1, 0.15) is 11.3 Å². The third kappa shape index (κ3) is 3.80. The molecule has 0 spiro atoms. The molecule has 2 fully saturated rings. The maximum atomic E-state index is 13.9. The van der Waals surface area contributed by atoms with Gasteiger partial charge in [0.05, 0.1) is 31.2 Å². The first-order valence-corrected chi connectivity index (χ1v) is 11.6. The number of carboxylic acids is 1. The number of para-hydroxylation sites is 3. The van der Waals surface area contributed by atoms with Gasteiger partial charge < -0.3 is 19.7 Å². The molecule has 4 rings (SSSR count). The van der Waals surface area contributed by atoms with Crippen molar-refractivity contribution in [3.8, 4) is 17.2 Å². The zero-order valence-corrected chi connectivity index (χ0v) is 20.1. The van der Waals surface area contributed by atoms with E-state index in [1.54, 1.807) is 49.4 Å². The van der Waals surface area contributed by atoms with E-state index >= 15 is 0 Å². The number of phenolic OH excluding ortho intramolecular Hbond substituents is 1. The maximum absolute atomic E-state index is 13.9. The number of carboxylic acid groups (broad SMARTS) is 1. The van der Waals surface area contributed by atoms with E-state index in [0.717, 1.165) is 4.90 Å². The van der Waals surface area contributed by atoms with Crippen molar-refractivity contribution < 1.29 is 34.1 Å². The van der Waals surface area contributed by atoms with Crippen LogP contribution < -0.4 is 19.7 Å². The number of ether oxygens (including phenoxy) is 2. The predicted molar refractivity (Wildman–Crippen MR) is 127 cm³/mol. The third-order valence-electron chi connectivity index (χ3n) is 6.76. The lowest BCUT2D eigenvalue weighted by molar-refractivity contribution is -0.149. The van der Waals surface area contributed by atoms with Crippen LogP contribution in [-0.2, 0) is 14.4 Å². The van der Waals surface area contributed by atoms with Crippen LogP contribution in [0.4, 0.5) is 5.69 Å². The van der Waals surface area contributed by atoms with Crippen LogP contribution in [0, 0.1) is 17.8 Å². The molecule has 3 N–H and O–H groups in total. The van der Waals surface area contributed by atoms with E-state index in [4.69, 9.17) is 9.47 Å². The molecule has 4 atom stereocenters. The Morgan fingerprint density at radius 2 is 1.80 bits per heavy atom. The van der Waals surface area contributed by atoms with Crippen LogP contribution in [0.3, 0.4) is 0 Å². The molecule has 186 valence electrons. The molecule has 35 heavy (non-hydrogen) atoms. The van der Waals surface area contributed by atoms with Crippen LogP contribution in [0.1, 0.15) is 38.8 Å². The van der Waals surface area contributed by atoms with Gasteiger partial charge in [-0.05, 0) is 37.5 Å². The Hall–Kier alpha value is -3.59. The molecule has 2 amide bonds. The van der Waals surface area contributed by atoms with Gasteiger partial charge in [0, 0.05) is 11.6 Å². The molecule has 9 nitrogen and oxygen atoms in total. The maximum Gasteiger partial charge on any atom is 0.324 e. The number of carbonyl (C=O) groups excluding carboxylic acids is 2. The molecule has 0 aliphatic carbocycles. The van der Waals surface area contributed by atoms with Gasteiger partial charge in [-0.3, -0.25) is 19.7 Å². The molecule has 0 aromatic heterocycles. The molecule has 0 unspecified atom stereocenters. The molecule has 0 radical (unpaired) electrons. The molecule has 0 saturated carbocycles. The Bertz CT molecular complexity index is 1160. The molecular weight excluding hydrogens is 452 g/mol. The van der Waals surface area contributed by atoms with Gasteiger partial charge in [-0.25, -0.2) is 4.90 Å². The Kier molecular flexibility index (Phi) is 6.46. The van der Waals surface area contributed by atoms with Crippen molar-refractivity contribution >= 4 is 23.5 Å². The monoisotopic (exact) mass is 482 g/mol. The van der Waals surface area contributed by atoms with E-state index < -0.39 is 41.2 Å². The first-order chi connectivity index (χ1) is 16.7. The molecule has 0 bridgehead atoms. The zero-order valence-electron chi connectivity index (χ0n) is 20.1. The second-order valence-electron chi connectivity index (χ2n) is 9.31. The number of carbonyl (C=O) groups is 3. The number of aliphatic carboxylic acids is 1. The Balaban J connectivity index is 1.91. The molecule has 2 aromatic carbocycles. The lowest BCUT2D eigenvalue weighted by atomic mass is 9.75. The fourth-order valence-electron chi connectivity index (χ4n) is 5.50. The highest BCUT2D eigenvalue weighted by atomic mass is 16.5. The van der Waals surface area contributed by atoms with Crippen molar-refractivity contribution in [3.63, 3.8) is 0 Å². The van der Waals surface area contributed by atoms with Gasteiger partial charge in [0.25, 0.3) is 0 Å². The molecule has 2 aromatic rings. The highest BCUT2D eigenvalue weighted by molar-refractivity contribution is 6.24. The van der Waals surface area contributed by atoms with E-state index in [0.29, 0.717) is 17.9 Å². The minimum atomic E-state index is -1.71. The normalized spacial score (nSPS) is 25.7. The summed E-state index contributed by atoms with van der Waals surface area (Å²) in [6.07, 6.45) is 0.116. The number of anilines is 1. The minimum Gasteiger partial charge on any atom is -0.504 e. The van der Waals surface area contributed by atoms with Crippen molar-refractivity contribution in [2.45, 2.75) is 38.8 Å². The van der Waals surface area contributed by atoms with E-state index in [9.17, 15) is 24.6 Å². The lowest BCUT2D eigenvalue weighted by Gasteiger charge is -2.32. The number of phenols is 1. The summed E-state index contributed by atoms with van der Waals surface area (Å²) < 4.78 is 10.9. The van der Waals surface area contributed by atoms with Gasteiger partial charge in [-0.2, -0.15) is 0 Å². The number of methoxy groups -OCH3 is 1. The van der Waals surface area contributed by atoms with Gasteiger partial charge in [-0.15, -0.1) is 0 Å². The number of imide groups is 1. The van der Waals surface area contributed by atoms with Gasteiger partial charge in [0.2, 0.25) is 11.8 Å². The van der Waals surface area contributed by atoms with E-state index in [2.05, 4.69) is 5.32 Å². The number of benzene rings is 2. The summed E-state index contributed by atoms with van der Waals surface area (Å²) in [6, 6.07) is 10.6. The molecule has 2 saturated heterocycles. The number of hydrogen-bond donors (Lipinski definition) is 3. The van der Waals surface area contributed by atoms with E-state index in [1.807, 2.05) is 13.8 Å². The summed E-state index contributed by atoms with van der Waals surface area (Å²) in [5.74, 6) is -4.34. The summed E-state index contributed by atoms with van der Waals surface area (Å²) in [5, 5.41) is 24.5. The average Bonchev–Trinajstić information content (AvgIpc) is 3.29. The van der Waals surface area contributed by atoms with Gasteiger partial charge in [0.15, 0.2) is 11.5 Å². The first kappa shape index (κ1) is 24.5. The fraction of sp³-hybridized carbons (Fsp3) is 0.423. The van der Waals surface area contributed by atoms with Crippen LogP contribution in [0.2, 0.25) is 0 Å². The fourth-order valence-corrected chi connectivity index (χ4v) is 5.50. The molecular formula is C26H30N2O7. The number of rotatable bonds is 8. The van der Waals surface area contributed by atoms with Crippen molar-refractivity contribution in [3.05, 3.63) is 48.0 Å². The summed E-state index contributed by atoms with van der Waals surface area (Å²) in [5.41, 5.74) is -1.14. The minimum absolute atomic E-state index is 0.0930. The Labute approximate surface area is 203 Å². The highest BCUT2D eigenvalue weighted by Gasteiger charge is 2.69. The van der Waals surface area contributed by atoms with Crippen molar-refractivity contribution in [2.75, 3.05) is 18.6 Å². The van der Waals surface area contributed by atoms with E-state index in [-0.39, 0.29) is 29.5 Å². The van der Waals surface area contributed by atoms with Crippen molar-refractivity contribution in [1.82, 2.24) is 5.32 Å². The van der Waals surface area contributed by atoms with Gasteiger partial charge in [-0.1, -0.05) is 38.1 Å². The second kappa shape index (κ2) is 9.22.